The Kier molecular flexibility index (Phi) is 4.50. The molecule has 3 rings (SSSR count). The molecule has 1 heterocycles. The fourth-order valence-electron chi connectivity index (χ4n) is 2.54. The van der Waals surface area contributed by atoms with Crippen molar-refractivity contribution in [3.63, 3.8) is 0 Å². The first-order valence-electron chi connectivity index (χ1n) is 7.49. The second kappa shape index (κ2) is 6.72. The monoisotopic (exact) mass is 319 g/mol. The predicted molar refractivity (Wildman–Crippen MR) is 97.3 cm³/mol. The average Bonchev–Trinajstić information content (AvgIpc) is 2.62. The fourth-order valence-corrected chi connectivity index (χ4v) is 3.08. The molecule has 0 amide bonds. The van der Waals surface area contributed by atoms with Crippen LogP contribution in [-0.4, -0.2) is 11.2 Å². The normalized spacial score (nSPS) is 10.5. The summed E-state index contributed by atoms with van der Waals surface area (Å²) in [5, 5.41) is 14.7. The molecule has 0 saturated carbocycles. The van der Waals surface area contributed by atoms with Gasteiger partial charge in [-0.3, -0.25) is 0 Å². The SMILES string of the molecule is CCc1ccc(Nc2c(C#N)c(SC)nc3ccccc23)cc1. The van der Waals surface area contributed by atoms with E-state index in [2.05, 4.69) is 35.4 Å². The van der Waals surface area contributed by atoms with E-state index in [0.29, 0.717) is 5.56 Å². The van der Waals surface area contributed by atoms with Crippen LogP contribution in [0.5, 0.6) is 0 Å². The van der Waals surface area contributed by atoms with Crippen molar-refractivity contribution in [2.45, 2.75) is 18.4 Å². The zero-order chi connectivity index (χ0) is 16.2. The third-order valence-electron chi connectivity index (χ3n) is 3.80. The van der Waals surface area contributed by atoms with Gasteiger partial charge >= 0.3 is 0 Å². The maximum atomic E-state index is 9.61. The number of nitriles is 1. The van der Waals surface area contributed by atoms with Crippen molar-refractivity contribution < 1.29 is 0 Å². The summed E-state index contributed by atoms with van der Waals surface area (Å²) in [6.07, 6.45) is 2.95. The van der Waals surface area contributed by atoms with E-state index in [-0.39, 0.29) is 0 Å². The number of hydrogen-bond acceptors (Lipinski definition) is 4. The molecule has 1 N–H and O–H groups in total. The summed E-state index contributed by atoms with van der Waals surface area (Å²) >= 11 is 1.49. The Hall–Kier alpha value is -2.51. The smallest absolute Gasteiger partial charge is 0.116 e. The Morgan fingerprint density at radius 3 is 2.52 bits per heavy atom. The summed E-state index contributed by atoms with van der Waals surface area (Å²) in [4.78, 5) is 4.59. The summed E-state index contributed by atoms with van der Waals surface area (Å²) in [6, 6.07) is 18.5. The van der Waals surface area contributed by atoms with Crippen LogP contribution >= 0.6 is 11.8 Å². The van der Waals surface area contributed by atoms with E-state index in [0.717, 1.165) is 33.7 Å². The van der Waals surface area contributed by atoms with Crippen LogP contribution in [-0.2, 0) is 6.42 Å². The van der Waals surface area contributed by atoms with Crippen molar-refractivity contribution in [1.82, 2.24) is 4.98 Å². The van der Waals surface area contributed by atoms with Gasteiger partial charge in [-0.2, -0.15) is 5.26 Å². The van der Waals surface area contributed by atoms with Gasteiger partial charge in [-0.25, -0.2) is 4.98 Å². The number of aromatic nitrogens is 1. The van der Waals surface area contributed by atoms with E-state index in [9.17, 15) is 5.26 Å². The van der Waals surface area contributed by atoms with Crippen molar-refractivity contribution in [3.8, 4) is 6.07 Å². The van der Waals surface area contributed by atoms with Crippen LogP contribution < -0.4 is 5.32 Å². The van der Waals surface area contributed by atoms with Crippen LogP contribution in [0.1, 0.15) is 18.1 Å². The van der Waals surface area contributed by atoms with Crippen LogP contribution in [0.15, 0.2) is 53.6 Å². The highest BCUT2D eigenvalue weighted by Crippen LogP contribution is 2.34. The third-order valence-corrected chi connectivity index (χ3v) is 4.48. The third kappa shape index (κ3) is 3.01. The van der Waals surface area contributed by atoms with E-state index in [1.165, 1.54) is 17.3 Å². The van der Waals surface area contributed by atoms with E-state index in [1.807, 2.05) is 42.7 Å². The van der Waals surface area contributed by atoms with E-state index in [1.54, 1.807) is 0 Å². The lowest BCUT2D eigenvalue weighted by atomic mass is 10.1. The van der Waals surface area contributed by atoms with E-state index in [4.69, 9.17) is 0 Å². The van der Waals surface area contributed by atoms with Gasteiger partial charge in [0.05, 0.1) is 11.2 Å². The molecule has 3 nitrogen and oxygen atoms in total. The van der Waals surface area contributed by atoms with Crippen LogP contribution in [0.2, 0.25) is 0 Å². The number of nitrogens with zero attached hydrogens (tertiary/aromatic N) is 2. The first-order valence-corrected chi connectivity index (χ1v) is 8.72. The molecule has 23 heavy (non-hydrogen) atoms. The van der Waals surface area contributed by atoms with E-state index < -0.39 is 0 Å². The summed E-state index contributed by atoms with van der Waals surface area (Å²) in [6.45, 7) is 2.14. The standard InChI is InChI=1S/C19H17N3S/c1-3-13-8-10-14(11-9-13)21-18-15-6-4-5-7-17(15)22-19(23-2)16(18)12-20/h4-11H,3H2,1-2H3,(H,21,22). The molecule has 0 aliphatic heterocycles. The van der Waals surface area contributed by atoms with Gasteiger partial charge in [0.25, 0.3) is 0 Å². The van der Waals surface area contributed by atoms with Crippen molar-refractivity contribution >= 4 is 34.0 Å². The van der Waals surface area contributed by atoms with Gasteiger partial charge in [-0.15, -0.1) is 11.8 Å². The van der Waals surface area contributed by atoms with Gasteiger partial charge in [0, 0.05) is 11.1 Å². The van der Waals surface area contributed by atoms with Crippen molar-refractivity contribution in [3.05, 3.63) is 59.7 Å². The number of benzene rings is 2. The second-order valence-electron chi connectivity index (χ2n) is 5.18. The van der Waals surface area contributed by atoms with E-state index >= 15 is 0 Å². The number of fused-ring (bicyclic) bond motifs is 1. The molecule has 114 valence electrons. The number of aryl methyl sites for hydroxylation is 1. The molecule has 4 heteroatoms. The lowest BCUT2D eigenvalue weighted by Gasteiger charge is -2.14. The minimum Gasteiger partial charge on any atom is -0.354 e. The number of anilines is 2. The molecule has 0 atom stereocenters. The maximum Gasteiger partial charge on any atom is 0.116 e. The van der Waals surface area contributed by atoms with Crippen LogP contribution in [0.25, 0.3) is 10.9 Å². The van der Waals surface area contributed by atoms with Gasteiger partial charge < -0.3 is 5.32 Å². The summed E-state index contributed by atoms with van der Waals surface area (Å²) < 4.78 is 0. The highest BCUT2D eigenvalue weighted by atomic mass is 32.2. The number of nitrogens with one attached hydrogen (secondary N) is 1. The molecular formula is C19H17N3S. The highest BCUT2D eigenvalue weighted by Gasteiger charge is 2.14. The van der Waals surface area contributed by atoms with Gasteiger partial charge in [0.15, 0.2) is 0 Å². The average molecular weight is 319 g/mol. The molecule has 0 saturated heterocycles. The molecule has 0 radical (unpaired) electrons. The van der Waals surface area contributed by atoms with Gasteiger partial charge in [-0.1, -0.05) is 37.3 Å². The molecular weight excluding hydrogens is 302 g/mol. The second-order valence-corrected chi connectivity index (χ2v) is 5.97. The lowest BCUT2D eigenvalue weighted by molar-refractivity contribution is 1.14. The minimum absolute atomic E-state index is 0.593. The van der Waals surface area contributed by atoms with Gasteiger partial charge in [-0.05, 0) is 36.4 Å². The predicted octanol–water partition coefficient (Wildman–Crippen LogP) is 5.13. The molecule has 0 aliphatic carbocycles. The van der Waals surface area contributed by atoms with Gasteiger partial charge in [0.1, 0.15) is 16.7 Å². The molecule has 0 bridgehead atoms. The molecule has 0 aliphatic rings. The largest absolute Gasteiger partial charge is 0.354 e. The Morgan fingerprint density at radius 2 is 1.87 bits per heavy atom. The Balaban J connectivity index is 2.15. The number of hydrogen-bond donors (Lipinski definition) is 1. The number of rotatable bonds is 4. The molecule has 0 spiro atoms. The van der Waals surface area contributed by atoms with Crippen molar-refractivity contribution in [1.29, 1.82) is 5.26 Å². The topological polar surface area (TPSA) is 48.7 Å². The van der Waals surface area contributed by atoms with Crippen LogP contribution in [0.3, 0.4) is 0 Å². The zero-order valence-electron chi connectivity index (χ0n) is 13.1. The van der Waals surface area contributed by atoms with Crippen molar-refractivity contribution in [2.75, 3.05) is 11.6 Å². The number of para-hydroxylation sites is 1. The molecule has 1 aromatic heterocycles. The lowest BCUT2D eigenvalue weighted by Crippen LogP contribution is -1.99. The number of thioether (sulfide) groups is 1. The van der Waals surface area contributed by atoms with Crippen molar-refractivity contribution in [2.24, 2.45) is 0 Å². The van der Waals surface area contributed by atoms with Crippen LogP contribution in [0, 0.1) is 11.3 Å². The molecule has 0 fully saturated rings. The summed E-state index contributed by atoms with van der Waals surface area (Å²) in [5.41, 5.74) is 4.58. The van der Waals surface area contributed by atoms with Crippen LogP contribution in [0.4, 0.5) is 11.4 Å². The molecule has 2 aromatic carbocycles. The molecule has 3 aromatic rings. The number of pyridine rings is 1. The minimum atomic E-state index is 0.593. The maximum absolute atomic E-state index is 9.61. The Bertz CT molecular complexity index is 879. The Morgan fingerprint density at radius 1 is 1.13 bits per heavy atom. The first-order chi connectivity index (χ1) is 11.3. The molecule has 0 unspecified atom stereocenters. The first kappa shape index (κ1) is 15.4. The highest BCUT2D eigenvalue weighted by molar-refractivity contribution is 7.98. The Labute approximate surface area is 140 Å². The summed E-state index contributed by atoms with van der Waals surface area (Å²) in [5.74, 6) is 0. The van der Waals surface area contributed by atoms with Gasteiger partial charge in [0.2, 0.25) is 0 Å². The zero-order valence-corrected chi connectivity index (χ0v) is 13.9. The fraction of sp³-hybridized carbons (Fsp3) is 0.158. The summed E-state index contributed by atoms with van der Waals surface area (Å²) in [7, 11) is 0. The quantitative estimate of drug-likeness (QED) is 0.677.